The molecule has 0 radical (unpaired) electrons. The number of carbonyl (C=O) groups is 2. The largest absolute Gasteiger partial charge is 0.493 e. The number of fused-ring (bicyclic) bond motifs is 1. The van der Waals surface area contributed by atoms with E-state index < -0.39 is 0 Å². The summed E-state index contributed by atoms with van der Waals surface area (Å²) in [5.41, 5.74) is 5.26. The minimum absolute atomic E-state index is 0.221. The third-order valence-corrected chi connectivity index (χ3v) is 6.64. The second kappa shape index (κ2) is 8.86. The summed E-state index contributed by atoms with van der Waals surface area (Å²) in [6, 6.07) is 7.94. The Morgan fingerprint density at radius 3 is 2.55 bits per heavy atom. The van der Waals surface area contributed by atoms with E-state index in [0.29, 0.717) is 23.5 Å². The first-order valence-electron chi connectivity index (χ1n) is 11.2. The molecule has 33 heavy (non-hydrogen) atoms. The van der Waals surface area contributed by atoms with Gasteiger partial charge in [0.1, 0.15) is 13.2 Å². The molecule has 8 nitrogen and oxygen atoms in total. The fourth-order valence-corrected chi connectivity index (χ4v) is 4.58. The zero-order valence-corrected chi connectivity index (χ0v) is 18.9. The van der Waals surface area contributed by atoms with Crippen LogP contribution in [-0.2, 0) is 27.3 Å². The lowest BCUT2D eigenvalue weighted by Gasteiger charge is -2.36. The third-order valence-electron chi connectivity index (χ3n) is 6.64. The summed E-state index contributed by atoms with van der Waals surface area (Å²) in [6.07, 6.45) is 2.74. The van der Waals surface area contributed by atoms with Crippen molar-refractivity contribution in [3.8, 4) is 5.75 Å². The molecule has 3 aliphatic heterocycles. The molecule has 3 aliphatic rings. The highest BCUT2D eigenvalue weighted by Gasteiger charge is 2.26. The Balaban J connectivity index is 1.20. The Morgan fingerprint density at radius 1 is 1.03 bits per heavy atom. The van der Waals surface area contributed by atoms with Crippen LogP contribution < -0.4 is 9.64 Å². The normalized spacial score (nSPS) is 18.4. The summed E-state index contributed by atoms with van der Waals surface area (Å²) in [5, 5.41) is 0. The second-order valence-electron chi connectivity index (χ2n) is 8.58. The third kappa shape index (κ3) is 4.18. The van der Waals surface area contributed by atoms with Crippen molar-refractivity contribution in [1.82, 2.24) is 9.88 Å². The van der Waals surface area contributed by atoms with Gasteiger partial charge in [0.25, 0.3) is 0 Å². The number of carbonyl (C=O) groups excluding carboxylic acids is 2. The summed E-state index contributed by atoms with van der Waals surface area (Å²) in [4.78, 5) is 32.7. The Labute approximate surface area is 192 Å². The highest BCUT2D eigenvalue weighted by Crippen LogP contribution is 2.33. The average molecular weight is 450 g/mol. The van der Waals surface area contributed by atoms with Crippen molar-refractivity contribution in [2.45, 2.75) is 20.0 Å². The van der Waals surface area contributed by atoms with Crippen LogP contribution >= 0.6 is 0 Å². The van der Waals surface area contributed by atoms with Crippen molar-refractivity contribution in [2.24, 2.45) is 0 Å². The van der Waals surface area contributed by atoms with Crippen LogP contribution in [0.4, 0.5) is 5.82 Å². The molecule has 0 aliphatic carbocycles. The summed E-state index contributed by atoms with van der Waals surface area (Å²) in [5.74, 6) is 1.04. The SMILES string of the molecule is COc1cc(C2=C(C)C(=O)OC2)cnc1N1CCN(CCc2ccc3c(c2)COC3=O)CC1. The maximum atomic E-state index is 11.7. The molecule has 0 bridgehead atoms. The number of aromatic nitrogens is 1. The number of hydrogen-bond acceptors (Lipinski definition) is 8. The molecule has 1 aromatic heterocycles. The number of rotatable bonds is 6. The minimum atomic E-state index is -0.272. The molecule has 1 aromatic carbocycles. The van der Waals surface area contributed by atoms with Gasteiger partial charge in [0.05, 0.1) is 12.7 Å². The number of pyridine rings is 1. The fourth-order valence-electron chi connectivity index (χ4n) is 4.58. The average Bonchev–Trinajstić information content (AvgIpc) is 3.39. The van der Waals surface area contributed by atoms with Gasteiger partial charge in [-0.25, -0.2) is 14.6 Å². The van der Waals surface area contributed by atoms with Crippen molar-refractivity contribution < 1.29 is 23.8 Å². The van der Waals surface area contributed by atoms with E-state index in [1.807, 2.05) is 18.2 Å². The maximum absolute atomic E-state index is 11.7. The molecular weight excluding hydrogens is 422 g/mol. The first-order chi connectivity index (χ1) is 16.0. The van der Waals surface area contributed by atoms with Gasteiger partial charge in [-0.2, -0.15) is 0 Å². The van der Waals surface area contributed by atoms with Gasteiger partial charge >= 0.3 is 11.9 Å². The van der Waals surface area contributed by atoms with Crippen molar-refractivity contribution in [3.63, 3.8) is 0 Å². The number of ether oxygens (including phenoxy) is 3. The molecule has 1 fully saturated rings. The van der Waals surface area contributed by atoms with E-state index in [1.165, 1.54) is 5.56 Å². The minimum Gasteiger partial charge on any atom is -0.493 e. The molecule has 2 aromatic rings. The fraction of sp³-hybridized carbons (Fsp3) is 0.400. The number of piperazine rings is 1. The number of hydrogen-bond donors (Lipinski definition) is 0. The van der Waals surface area contributed by atoms with Crippen molar-refractivity contribution in [1.29, 1.82) is 0 Å². The lowest BCUT2D eigenvalue weighted by molar-refractivity contribution is -0.135. The number of cyclic esters (lactones) is 2. The Kier molecular flexibility index (Phi) is 5.76. The van der Waals surface area contributed by atoms with Crippen LogP contribution in [0.25, 0.3) is 5.57 Å². The zero-order valence-electron chi connectivity index (χ0n) is 18.9. The quantitative estimate of drug-likeness (QED) is 0.622. The lowest BCUT2D eigenvalue weighted by Crippen LogP contribution is -2.47. The topological polar surface area (TPSA) is 81.2 Å². The number of benzene rings is 1. The Hall–Kier alpha value is -3.39. The summed E-state index contributed by atoms with van der Waals surface area (Å²) >= 11 is 0. The van der Waals surface area contributed by atoms with Crippen LogP contribution in [0.5, 0.6) is 5.75 Å². The van der Waals surface area contributed by atoms with Gasteiger partial charge in [0.15, 0.2) is 11.6 Å². The lowest BCUT2D eigenvalue weighted by atomic mass is 10.0. The highest BCUT2D eigenvalue weighted by atomic mass is 16.5. The van der Waals surface area contributed by atoms with E-state index in [1.54, 1.807) is 20.2 Å². The molecular formula is C25H27N3O5. The Bertz CT molecular complexity index is 1130. The molecule has 1 saturated heterocycles. The van der Waals surface area contributed by atoms with Gasteiger partial charge in [-0.05, 0) is 31.0 Å². The van der Waals surface area contributed by atoms with Gasteiger partial charge < -0.3 is 19.1 Å². The van der Waals surface area contributed by atoms with E-state index >= 15 is 0 Å². The van der Waals surface area contributed by atoms with Gasteiger partial charge in [-0.3, -0.25) is 4.90 Å². The van der Waals surface area contributed by atoms with Gasteiger partial charge in [0.2, 0.25) is 0 Å². The molecule has 0 N–H and O–H groups in total. The van der Waals surface area contributed by atoms with Crippen molar-refractivity contribution in [2.75, 3.05) is 51.3 Å². The zero-order chi connectivity index (χ0) is 22.9. The van der Waals surface area contributed by atoms with Gasteiger partial charge in [-0.15, -0.1) is 0 Å². The van der Waals surface area contributed by atoms with Crippen LogP contribution in [0, 0.1) is 0 Å². The van der Waals surface area contributed by atoms with E-state index in [9.17, 15) is 9.59 Å². The van der Waals surface area contributed by atoms with Crippen molar-refractivity contribution >= 4 is 23.3 Å². The van der Waals surface area contributed by atoms with Crippen LogP contribution in [0.15, 0.2) is 36.0 Å². The van der Waals surface area contributed by atoms with E-state index in [-0.39, 0.29) is 18.5 Å². The van der Waals surface area contributed by atoms with Gasteiger partial charge in [0, 0.05) is 61.2 Å². The summed E-state index contributed by atoms with van der Waals surface area (Å²) in [7, 11) is 1.65. The van der Waals surface area contributed by atoms with E-state index in [2.05, 4.69) is 20.9 Å². The first kappa shape index (κ1) is 21.5. The molecule has 8 heteroatoms. The van der Waals surface area contributed by atoms with Crippen LogP contribution in [0.3, 0.4) is 0 Å². The molecule has 0 spiro atoms. The van der Waals surface area contributed by atoms with Crippen molar-refractivity contribution in [3.05, 3.63) is 58.3 Å². The number of nitrogens with zero attached hydrogens (tertiary/aromatic N) is 3. The molecule has 172 valence electrons. The highest BCUT2D eigenvalue weighted by molar-refractivity contribution is 6.01. The molecule has 4 heterocycles. The van der Waals surface area contributed by atoms with E-state index in [0.717, 1.165) is 61.7 Å². The predicted octanol–water partition coefficient (Wildman–Crippen LogP) is 2.46. The second-order valence-corrected chi connectivity index (χ2v) is 8.58. The smallest absolute Gasteiger partial charge is 0.338 e. The van der Waals surface area contributed by atoms with Crippen LogP contribution in [-0.4, -0.2) is 68.3 Å². The maximum Gasteiger partial charge on any atom is 0.338 e. The van der Waals surface area contributed by atoms with Crippen LogP contribution in [0.2, 0.25) is 0 Å². The Morgan fingerprint density at radius 2 is 1.82 bits per heavy atom. The molecule has 0 atom stereocenters. The molecule has 0 saturated carbocycles. The summed E-state index contributed by atoms with van der Waals surface area (Å²) < 4.78 is 15.9. The first-order valence-corrected chi connectivity index (χ1v) is 11.2. The number of anilines is 1. The molecule has 0 unspecified atom stereocenters. The molecule has 0 amide bonds. The summed E-state index contributed by atoms with van der Waals surface area (Å²) in [6.45, 7) is 7.00. The number of esters is 2. The van der Waals surface area contributed by atoms with Gasteiger partial charge in [-0.1, -0.05) is 12.1 Å². The standard InChI is InChI=1S/C25H27N3O5/c1-16-21(15-33-24(16)29)18-12-22(31-2)23(26-13-18)28-9-7-27(8-10-28)6-5-17-3-4-20-19(11-17)14-32-25(20)30/h3-4,11-13H,5-10,14-15H2,1-2H3. The number of methoxy groups -OCH3 is 1. The predicted molar refractivity (Wildman–Crippen MR) is 122 cm³/mol. The van der Waals surface area contributed by atoms with Crippen LogP contribution in [0.1, 0.15) is 34.0 Å². The monoisotopic (exact) mass is 449 g/mol. The molecule has 5 rings (SSSR count). The van der Waals surface area contributed by atoms with E-state index in [4.69, 9.17) is 14.2 Å².